The lowest BCUT2D eigenvalue weighted by Gasteiger charge is -2.43. The zero-order chi connectivity index (χ0) is 13.0. The lowest BCUT2D eigenvalue weighted by molar-refractivity contribution is -0.138. The third-order valence-electron chi connectivity index (χ3n) is 4.45. The third kappa shape index (κ3) is 3.45. The van der Waals surface area contributed by atoms with Crippen LogP contribution in [0.25, 0.3) is 0 Å². The summed E-state index contributed by atoms with van der Waals surface area (Å²) in [6.45, 7) is 2.05. The highest BCUT2D eigenvalue weighted by molar-refractivity contribution is 5.67. The number of piperidine rings is 1. The van der Waals surface area contributed by atoms with Crippen molar-refractivity contribution in [2.24, 2.45) is 5.92 Å². The van der Waals surface area contributed by atoms with Gasteiger partial charge < -0.3 is 9.84 Å². The second-order valence-corrected chi connectivity index (χ2v) is 5.73. The van der Waals surface area contributed by atoms with Crippen LogP contribution in [0.3, 0.4) is 0 Å². The molecule has 0 aromatic heterocycles. The minimum absolute atomic E-state index is 0.320. The molecule has 2 aliphatic rings. The van der Waals surface area contributed by atoms with E-state index < -0.39 is 5.97 Å². The minimum Gasteiger partial charge on any atom is -0.481 e. The molecule has 0 aromatic carbocycles. The zero-order valence-corrected chi connectivity index (χ0v) is 11.3. The van der Waals surface area contributed by atoms with Gasteiger partial charge >= 0.3 is 5.97 Å². The first-order valence-corrected chi connectivity index (χ1v) is 7.19. The van der Waals surface area contributed by atoms with Gasteiger partial charge in [0.25, 0.3) is 0 Å². The Morgan fingerprint density at radius 3 is 2.78 bits per heavy atom. The van der Waals surface area contributed by atoms with Crippen LogP contribution in [0, 0.1) is 5.92 Å². The lowest BCUT2D eigenvalue weighted by Crippen LogP contribution is -2.50. The fourth-order valence-electron chi connectivity index (χ4n) is 3.58. The molecule has 4 heteroatoms. The van der Waals surface area contributed by atoms with Crippen molar-refractivity contribution >= 4 is 5.97 Å². The summed E-state index contributed by atoms with van der Waals surface area (Å²) < 4.78 is 5.62. The smallest absolute Gasteiger partial charge is 0.303 e. The highest BCUT2D eigenvalue weighted by atomic mass is 16.5. The standard InChI is InChI=1S/C14H25NO3/c1-18-13-7-3-2-6-12(13)15-8-4-5-11(10-15)9-14(16)17/h11-13H,2-10H2,1H3,(H,16,17). The van der Waals surface area contributed by atoms with Crippen LogP contribution in [0.15, 0.2) is 0 Å². The van der Waals surface area contributed by atoms with Gasteiger partial charge in [0.2, 0.25) is 0 Å². The van der Waals surface area contributed by atoms with Crippen LogP contribution >= 0.6 is 0 Å². The average molecular weight is 255 g/mol. The molecule has 2 fully saturated rings. The second-order valence-electron chi connectivity index (χ2n) is 5.73. The molecular weight excluding hydrogens is 230 g/mol. The van der Waals surface area contributed by atoms with Crippen molar-refractivity contribution in [1.82, 2.24) is 4.90 Å². The van der Waals surface area contributed by atoms with Crippen molar-refractivity contribution in [3.05, 3.63) is 0 Å². The quantitative estimate of drug-likeness (QED) is 0.836. The largest absolute Gasteiger partial charge is 0.481 e. The van der Waals surface area contributed by atoms with Crippen LogP contribution in [-0.4, -0.2) is 48.3 Å². The van der Waals surface area contributed by atoms with E-state index in [1.54, 1.807) is 0 Å². The molecule has 2 rings (SSSR count). The van der Waals surface area contributed by atoms with E-state index in [1.807, 2.05) is 7.11 Å². The van der Waals surface area contributed by atoms with Crippen LogP contribution in [-0.2, 0) is 9.53 Å². The van der Waals surface area contributed by atoms with Gasteiger partial charge in [0.05, 0.1) is 6.10 Å². The first kappa shape index (κ1) is 13.8. The van der Waals surface area contributed by atoms with E-state index in [-0.39, 0.29) is 0 Å². The fraction of sp³-hybridized carbons (Fsp3) is 0.929. The molecule has 104 valence electrons. The Bertz CT molecular complexity index is 282. The third-order valence-corrected chi connectivity index (χ3v) is 4.45. The number of carboxylic acids is 1. The Kier molecular flexibility index (Phi) is 5.01. The van der Waals surface area contributed by atoms with Gasteiger partial charge in [-0.05, 0) is 38.1 Å². The first-order valence-electron chi connectivity index (χ1n) is 7.19. The van der Waals surface area contributed by atoms with Gasteiger partial charge in [-0.2, -0.15) is 0 Å². The van der Waals surface area contributed by atoms with E-state index >= 15 is 0 Å². The van der Waals surface area contributed by atoms with Gasteiger partial charge in [0, 0.05) is 26.1 Å². The number of likely N-dealkylation sites (tertiary alicyclic amines) is 1. The van der Waals surface area contributed by atoms with Crippen molar-refractivity contribution in [3.8, 4) is 0 Å². The topological polar surface area (TPSA) is 49.8 Å². The van der Waals surface area contributed by atoms with Crippen molar-refractivity contribution in [1.29, 1.82) is 0 Å². The molecule has 1 saturated heterocycles. The van der Waals surface area contributed by atoms with E-state index in [9.17, 15) is 4.79 Å². The van der Waals surface area contributed by atoms with Crippen molar-refractivity contribution < 1.29 is 14.6 Å². The maximum absolute atomic E-state index is 10.8. The van der Waals surface area contributed by atoms with Gasteiger partial charge in [-0.1, -0.05) is 12.8 Å². The van der Waals surface area contributed by atoms with Crippen LogP contribution < -0.4 is 0 Å². The van der Waals surface area contributed by atoms with Crippen LogP contribution in [0.5, 0.6) is 0 Å². The lowest BCUT2D eigenvalue weighted by atomic mass is 9.87. The van der Waals surface area contributed by atoms with Crippen LogP contribution in [0.2, 0.25) is 0 Å². The number of carbonyl (C=O) groups is 1. The molecule has 0 radical (unpaired) electrons. The maximum Gasteiger partial charge on any atom is 0.303 e. The van der Waals surface area contributed by atoms with Crippen LogP contribution in [0.1, 0.15) is 44.9 Å². The zero-order valence-electron chi connectivity index (χ0n) is 11.3. The van der Waals surface area contributed by atoms with Crippen molar-refractivity contribution in [2.45, 2.75) is 57.1 Å². The van der Waals surface area contributed by atoms with E-state index in [0.717, 1.165) is 32.4 Å². The molecule has 4 nitrogen and oxygen atoms in total. The molecule has 3 unspecified atom stereocenters. The molecular formula is C14H25NO3. The van der Waals surface area contributed by atoms with Gasteiger partial charge in [-0.3, -0.25) is 9.69 Å². The molecule has 1 N–H and O–H groups in total. The van der Waals surface area contributed by atoms with Crippen LogP contribution in [0.4, 0.5) is 0 Å². The van der Waals surface area contributed by atoms with E-state index in [0.29, 0.717) is 24.5 Å². The summed E-state index contributed by atoms with van der Waals surface area (Å²) in [7, 11) is 1.81. The number of hydrogen-bond donors (Lipinski definition) is 1. The number of methoxy groups -OCH3 is 1. The minimum atomic E-state index is -0.659. The maximum atomic E-state index is 10.8. The van der Waals surface area contributed by atoms with Crippen molar-refractivity contribution in [3.63, 3.8) is 0 Å². The van der Waals surface area contributed by atoms with Gasteiger partial charge in [-0.15, -0.1) is 0 Å². The molecule has 18 heavy (non-hydrogen) atoms. The number of aliphatic carboxylic acids is 1. The molecule has 1 saturated carbocycles. The summed E-state index contributed by atoms with van der Waals surface area (Å²) in [5.74, 6) is -0.329. The molecule has 3 atom stereocenters. The Morgan fingerprint density at radius 1 is 1.28 bits per heavy atom. The summed E-state index contributed by atoms with van der Waals surface area (Å²) in [5, 5.41) is 8.92. The normalized spacial score (nSPS) is 34.4. The molecule has 1 heterocycles. The molecule has 0 spiro atoms. The monoisotopic (exact) mass is 255 g/mol. The Hall–Kier alpha value is -0.610. The average Bonchev–Trinajstić information content (AvgIpc) is 2.38. The summed E-state index contributed by atoms with van der Waals surface area (Å²) in [5.41, 5.74) is 0. The van der Waals surface area contributed by atoms with E-state index in [2.05, 4.69) is 4.90 Å². The number of carboxylic acid groups (broad SMARTS) is 1. The number of rotatable bonds is 4. The molecule has 0 amide bonds. The summed E-state index contributed by atoms with van der Waals surface area (Å²) >= 11 is 0. The Morgan fingerprint density at radius 2 is 2.06 bits per heavy atom. The fourth-order valence-corrected chi connectivity index (χ4v) is 3.58. The SMILES string of the molecule is COC1CCCCC1N1CCCC(CC(=O)O)C1. The Balaban J connectivity index is 1.92. The summed E-state index contributed by atoms with van der Waals surface area (Å²) in [6.07, 6.45) is 7.77. The first-order chi connectivity index (χ1) is 8.70. The number of hydrogen-bond acceptors (Lipinski definition) is 3. The summed E-state index contributed by atoms with van der Waals surface area (Å²) in [6, 6.07) is 0.514. The van der Waals surface area contributed by atoms with E-state index in [4.69, 9.17) is 9.84 Å². The highest BCUT2D eigenvalue weighted by Crippen LogP contribution is 2.29. The number of ether oxygens (including phenoxy) is 1. The van der Waals surface area contributed by atoms with Gasteiger partial charge in [0.15, 0.2) is 0 Å². The molecule has 0 aromatic rings. The molecule has 1 aliphatic heterocycles. The predicted molar refractivity (Wildman–Crippen MR) is 69.6 cm³/mol. The van der Waals surface area contributed by atoms with E-state index in [1.165, 1.54) is 19.3 Å². The second kappa shape index (κ2) is 6.53. The summed E-state index contributed by atoms with van der Waals surface area (Å²) in [4.78, 5) is 13.3. The number of nitrogens with zero attached hydrogens (tertiary/aromatic N) is 1. The molecule has 0 bridgehead atoms. The van der Waals surface area contributed by atoms with Gasteiger partial charge in [-0.25, -0.2) is 0 Å². The molecule has 1 aliphatic carbocycles. The predicted octanol–water partition coefficient (Wildman–Crippen LogP) is 2.13. The van der Waals surface area contributed by atoms with Crippen molar-refractivity contribution in [2.75, 3.05) is 20.2 Å². The highest BCUT2D eigenvalue weighted by Gasteiger charge is 2.33. The Labute approximate surface area is 109 Å². The van der Waals surface area contributed by atoms with Gasteiger partial charge in [0.1, 0.15) is 0 Å².